The van der Waals surface area contributed by atoms with Gasteiger partial charge in [0.15, 0.2) is 0 Å². The summed E-state index contributed by atoms with van der Waals surface area (Å²) in [7, 11) is 0. The molecular weight excluding hydrogens is 373 g/mol. The molecule has 1 fully saturated rings. The van der Waals surface area contributed by atoms with Crippen molar-refractivity contribution in [3.8, 4) is 5.75 Å². The molecule has 0 aromatic heterocycles. The van der Waals surface area contributed by atoms with E-state index in [0.717, 1.165) is 12.1 Å². The van der Waals surface area contributed by atoms with E-state index in [2.05, 4.69) is 5.32 Å². The first-order valence-electron chi connectivity index (χ1n) is 8.83. The number of benzene rings is 2. The molecule has 1 aliphatic rings. The molecule has 2 amide bonds. The maximum Gasteiger partial charge on any atom is 0.416 e. The standard InChI is InChI=1S/C20H19F3N2O3/c21-20(22,23)15-8-6-14(7-9-15)18(26)25-12-10-16(11-13-25)24-19(27)28-17-4-2-1-3-5-17/h1-9,16H,10-13H2,(H,24,27). The van der Waals surface area contributed by atoms with Crippen molar-refractivity contribution < 1.29 is 27.5 Å². The van der Waals surface area contributed by atoms with Gasteiger partial charge in [-0.2, -0.15) is 13.2 Å². The number of amides is 2. The number of hydrogen-bond acceptors (Lipinski definition) is 3. The number of para-hydroxylation sites is 1. The average Bonchev–Trinajstić information content (AvgIpc) is 2.68. The summed E-state index contributed by atoms with van der Waals surface area (Å²) in [4.78, 5) is 26.0. The lowest BCUT2D eigenvalue weighted by atomic mass is 10.0. The molecule has 0 unspecified atom stereocenters. The summed E-state index contributed by atoms with van der Waals surface area (Å²) < 4.78 is 43.0. The smallest absolute Gasteiger partial charge is 0.410 e. The summed E-state index contributed by atoms with van der Waals surface area (Å²) >= 11 is 0. The lowest BCUT2D eigenvalue weighted by molar-refractivity contribution is -0.137. The van der Waals surface area contributed by atoms with Gasteiger partial charge < -0.3 is 15.0 Å². The van der Waals surface area contributed by atoms with Crippen LogP contribution in [0, 0.1) is 0 Å². The normalized spacial score (nSPS) is 15.2. The number of ether oxygens (including phenoxy) is 1. The lowest BCUT2D eigenvalue weighted by Gasteiger charge is -2.32. The largest absolute Gasteiger partial charge is 0.416 e. The number of halogens is 3. The molecule has 1 aliphatic heterocycles. The van der Waals surface area contributed by atoms with E-state index in [9.17, 15) is 22.8 Å². The van der Waals surface area contributed by atoms with Crippen LogP contribution in [0.25, 0.3) is 0 Å². The number of hydrogen-bond donors (Lipinski definition) is 1. The third kappa shape index (κ3) is 5.03. The van der Waals surface area contributed by atoms with E-state index in [-0.39, 0.29) is 17.5 Å². The van der Waals surface area contributed by atoms with Crippen LogP contribution in [0.3, 0.4) is 0 Å². The van der Waals surface area contributed by atoms with Gasteiger partial charge in [0.25, 0.3) is 5.91 Å². The third-order valence-electron chi connectivity index (χ3n) is 4.52. The van der Waals surface area contributed by atoms with Gasteiger partial charge in [-0.3, -0.25) is 4.79 Å². The van der Waals surface area contributed by atoms with Gasteiger partial charge in [-0.25, -0.2) is 4.79 Å². The zero-order valence-electron chi connectivity index (χ0n) is 14.9. The minimum Gasteiger partial charge on any atom is -0.410 e. The van der Waals surface area contributed by atoms with Gasteiger partial charge in [0.05, 0.1) is 5.56 Å². The molecule has 0 saturated carbocycles. The van der Waals surface area contributed by atoms with Crippen LogP contribution in [0.15, 0.2) is 54.6 Å². The second-order valence-corrected chi connectivity index (χ2v) is 6.49. The number of alkyl halides is 3. The van der Waals surface area contributed by atoms with Crippen molar-refractivity contribution in [1.29, 1.82) is 0 Å². The minimum absolute atomic E-state index is 0.132. The Balaban J connectivity index is 1.49. The molecule has 2 aromatic rings. The first kappa shape index (κ1) is 19.7. The van der Waals surface area contributed by atoms with Gasteiger partial charge in [-0.15, -0.1) is 0 Å². The summed E-state index contributed by atoms with van der Waals surface area (Å²) in [6, 6.07) is 12.7. The first-order chi connectivity index (χ1) is 13.3. The third-order valence-corrected chi connectivity index (χ3v) is 4.52. The van der Waals surface area contributed by atoms with Crippen molar-refractivity contribution in [2.24, 2.45) is 0 Å². The Morgan fingerprint density at radius 1 is 0.964 bits per heavy atom. The highest BCUT2D eigenvalue weighted by Crippen LogP contribution is 2.29. The zero-order chi connectivity index (χ0) is 20.1. The fourth-order valence-corrected chi connectivity index (χ4v) is 3.00. The molecule has 0 spiro atoms. The monoisotopic (exact) mass is 392 g/mol. The first-order valence-corrected chi connectivity index (χ1v) is 8.83. The summed E-state index contributed by atoms with van der Waals surface area (Å²) in [6.45, 7) is 0.798. The average molecular weight is 392 g/mol. The predicted octanol–water partition coefficient (Wildman–Crippen LogP) is 4.10. The van der Waals surface area contributed by atoms with Crippen LogP contribution < -0.4 is 10.1 Å². The maximum absolute atomic E-state index is 12.6. The van der Waals surface area contributed by atoms with Crippen molar-refractivity contribution in [3.05, 3.63) is 65.7 Å². The fraction of sp³-hybridized carbons (Fsp3) is 0.300. The molecule has 0 radical (unpaired) electrons. The Morgan fingerprint density at radius 2 is 1.57 bits per heavy atom. The summed E-state index contributed by atoms with van der Waals surface area (Å²) in [5, 5.41) is 2.77. The van der Waals surface area contributed by atoms with Crippen molar-refractivity contribution in [1.82, 2.24) is 10.2 Å². The van der Waals surface area contributed by atoms with E-state index < -0.39 is 17.8 Å². The van der Waals surface area contributed by atoms with E-state index in [1.807, 2.05) is 6.07 Å². The number of piperidine rings is 1. The Hall–Kier alpha value is -3.03. The molecule has 1 heterocycles. The quantitative estimate of drug-likeness (QED) is 0.856. The van der Waals surface area contributed by atoms with Crippen LogP contribution in [-0.4, -0.2) is 36.0 Å². The van der Waals surface area contributed by atoms with E-state index in [1.54, 1.807) is 29.2 Å². The maximum atomic E-state index is 12.6. The van der Waals surface area contributed by atoms with Crippen molar-refractivity contribution in [3.63, 3.8) is 0 Å². The van der Waals surface area contributed by atoms with Crippen LogP contribution >= 0.6 is 0 Å². The van der Waals surface area contributed by atoms with Crippen LogP contribution in [0.2, 0.25) is 0 Å². The van der Waals surface area contributed by atoms with Crippen LogP contribution in [-0.2, 0) is 6.18 Å². The Labute approximate surface area is 160 Å². The van der Waals surface area contributed by atoms with E-state index in [0.29, 0.717) is 31.7 Å². The number of nitrogens with one attached hydrogen (secondary N) is 1. The molecule has 3 rings (SSSR count). The van der Waals surface area contributed by atoms with Gasteiger partial charge in [0.1, 0.15) is 5.75 Å². The molecule has 0 atom stereocenters. The molecule has 5 nitrogen and oxygen atoms in total. The van der Waals surface area contributed by atoms with Crippen LogP contribution in [0.1, 0.15) is 28.8 Å². The number of carbonyl (C=O) groups is 2. The topological polar surface area (TPSA) is 58.6 Å². The minimum atomic E-state index is -4.43. The Morgan fingerprint density at radius 3 is 2.14 bits per heavy atom. The molecule has 2 aromatic carbocycles. The SMILES string of the molecule is O=C(NC1CCN(C(=O)c2ccc(C(F)(F)F)cc2)CC1)Oc1ccccc1. The number of nitrogens with zero attached hydrogens (tertiary/aromatic N) is 1. The van der Waals surface area contributed by atoms with Crippen LogP contribution in [0.5, 0.6) is 5.75 Å². The van der Waals surface area contributed by atoms with E-state index >= 15 is 0 Å². The highest BCUT2D eigenvalue weighted by Gasteiger charge is 2.31. The van der Waals surface area contributed by atoms with Crippen molar-refractivity contribution in [2.75, 3.05) is 13.1 Å². The van der Waals surface area contributed by atoms with E-state index in [4.69, 9.17) is 4.74 Å². The molecular formula is C20H19F3N2O3. The predicted molar refractivity (Wildman–Crippen MR) is 96.0 cm³/mol. The molecule has 1 saturated heterocycles. The molecule has 0 bridgehead atoms. The van der Waals surface area contributed by atoms with Gasteiger partial charge >= 0.3 is 12.3 Å². The van der Waals surface area contributed by atoms with Gasteiger partial charge in [-0.1, -0.05) is 18.2 Å². The van der Waals surface area contributed by atoms with Gasteiger partial charge in [0, 0.05) is 24.7 Å². The Kier molecular flexibility index (Phi) is 5.87. The summed E-state index contributed by atoms with van der Waals surface area (Å²) in [5.74, 6) is 0.119. The van der Waals surface area contributed by atoms with Gasteiger partial charge in [-0.05, 0) is 49.2 Å². The summed E-state index contributed by atoms with van der Waals surface area (Å²) in [5.41, 5.74) is -0.577. The Bertz CT molecular complexity index is 815. The highest BCUT2D eigenvalue weighted by molar-refractivity contribution is 5.94. The number of likely N-dealkylation sites (tertiary alicyclic amines) is 1. The molecule has 0 aliphatic carbocycles. The van der Waals surface area contributed by atoms with Crippen molar-refractivity contribution in [2.45, 2.75) is 25.1 Å². The summed E-state index contributed by atoms with van der Waals surface area (Å²) in [6.07, 6.45) is -3.91. The number of carbonyl (C=O) groups excluding carboxylic acids is 2. The molecule has 148 valence electrons. The second-order valence-electron chi connectivity index (χ2n) is 6.49. The molecule has 1 N–H and O–H groups in total. The zero-order valence-corrected chi connectivity index (χ0v) is 14.9. The van der Waals surface area contributed by atoms with E-state index in [1.165, 1.54) is 12.1 Å². The van der Waals surface area contributed by atoms with Gasteiger partial charge in [0.2, 0.25) is 0 Å². The van der Waals surface area contributed by atoms with Crippen LogP contribution in [0.4, 0.5) is 18.0 Å². The van der Waals surface area contributed by atoms with Crippen molar-refractivity contribution >= 4 is 12.0 Å². The molecule has 8 heteroatoms. The molecule has 28 heavy (non-hydrogen) atoms. The lowest BCUT2D eigenvalue weighted by Crippen LogP contribution is -2.47. The highest BCUT2D eigenvalue weighted by atomic mass is 19.4. The second kappa shape index (κ2) is 8.33. The number of rotatable bonds is 3. The fourth-order valence-electron chi connectivity index (χ4n) is 3.00.